The molecule has 4 rings (SSSR count). The van der Waals surface area contributed by atoms with E-state index in [1.165, 1.54) is 43.9 Å². The maximum Gasteiger partial charge on any atom is 0.213 e. The lowest BCUT2D eigenvalue weighted by Crippen LogP contribution is -2.31. The van der Waals surface area contributed by atoms with E-state index >= 15 is 0 Å². The van der Waals surface area contributed by atoms with Crippen molar-refractivity contribution in [3.63, 3.8) is 0 Å². The highest BCUT2D eigenvalue weighted by Gasteiger charge is 2.19. The van der Waals surface area contributed by atoms with E-state index in [-0.39, 0.29) is 5.41 Å². The van der Waals surface area contributed by atoms with Crippen LogP contribution in [0.3, 0.4) is 0 Å². The van der Waals surface area contributed by atoms with Gasteiger partial charge in [-0.3, -0.25) is 0 Å². The van der Waals surface area contributed by atoms with Gasteiger partial charge in [-0.1, -0.05) is 69.3 Å². The molecule has 0 amide bonds. The molecule has 0 saturated carbocycles. The average molecular weight is 355 g/mol. The number of rotatable bonds is 2. The lowest BCUT2D eigenvalue weighted by molar-refractivity contribution is -0.660. The maximum atomic E-state index is 2.38. The molecule has 27 heavy (non-hydrogen) atoms. The first-order chi connectivity index (χ1) is 12.8. The molecule has 0 N–H and O–H groups in total. The number of nitrogens with zero attached hydrogens (tertiary/aromatic N) is 1. The Hall–Kier alpha value is -2.67. The third kappa shape index (κ3) is 3.35. The first-order valence-corrected chi connectivity index (χ1v) is 9.73. The highest BCUT2D eigenvalue weighted by atomic mass is 14.9. The smallest absolute Gasteiger partial charge is 0.201 e. The molecule has 3 aromatic carbocycles. The number of aryl methyl sites for hydroxylation is 2. The largest absolute Gasteiger partial charge is 0.213 e. The van der Waals surface area contributed by atoms with Crippen molar-refractivity contribution in [1.82, 2.24) is 0 Å². The summed E-state index contributed by atoms with van der Waals surface area (Å²) in [5.74, 6) is 0. The molecular weight excluding hydrogens is 326 g/mol. The van der Waals surface area contributed by atoms with Gasteiger partial charge >= 0.3 is 0 Å². The van der Waals surface area contributed by atoms with Gasteiger partial charge in [-0.25, -0.2) is 4.57 Å². The molecule has 4 aromatic rings. The molecule has 0 saturated heterocycles. The first-order valence-electron chi connectivity index (χ1n) is 9.73. The zero-order valence-electron chi connectivity index (χ0n) is 17.0. The Kier molecular flexibility index (Phi) is 4.26. The number of benzene rings is 3. The summed E-state index contributed by atoms with van der Waals surface area (Å²) in [4.78, 5) is 0. The van der Waals surface area contributed by atoms with Gasteiger partial charge < -0.3 is 0 Å². The van der Waals surface area contributed by atoms with Crippen molar-refractivity contribution in [1.29, 1.82) is 0 Å². The summed E-state index contributed by atoms with van der Waals surface area (Å²) in [7, 11) is 2.15. The van der Waals surface area contributed by atoms with Crippen LogP contribution in [-0.4, -0.2) is 0 Å². The topological polar surface area (TPSA) is 3.88 Å². The minimum atomic E-state index is 0.279. The summed E-state index contributed by atoms with van der Waals surface area (Å²) in [6.07, 6.45) is 3.28. The molecule has 1 heterocycles. The number of hydrogen-bond acceptors (Lipinski definition) is 0. The summed E-state index contributed by atoms with van der Waals surface area (Å²) < 4.78 is 2.25. The van der Waals surface area contributed by atoms with Crippen LogP contribution in [0.1, 0.15) is 31.9 Å². The molecule has 0 radical (unpaired) electrons. The molecule has 1 heteroatoms. The fraction of sp³-hybridized carbons (Fsp3) is 0.269. The Bertz CT molecular complexity index is 1150. The number of pyridine rings is 1. The SMILES string of the molecule is Cc1ccc2c(ccc3ccccc32)c1-c1cc(CC(C)(C)C)cc[n+]1C. The van der Waals surface area contributed by atoms with Crippen molar-refractivity contribution in [3.8, 4) is 11.3 Å². The van der Waals surface area contributed by atoms with Gasteiger partial charge in [0.25, 0.3) is 0 Å². The molecule has 0 aliphatic heterocycles. The standard InChI is InChI=1S/C26H28N/c1-18-10-12-22-21-9-7-6-8-20(21)11-13-23(22)25(18)24-16-19(14-15-27(24)5)17-26(2,3)4/h6-16H,17H2,1-5H3/q+1. The van der Waals surface area contributed by atoms with Crippen molar-refractivity contribution >= 4 is 21.5 Å². The van der Waals surface area contributed by atoms with Gasteiger partial charge in [0.2, 0.25) is 5.69 Å². The molecule has 1 nitrogen and oxygen atoms in total. The van der Waals surface area contributed by atoms with E-state index in [0.29, 0.717) is 0 Å². The molecule has 1 aromatic heterocycles. The van der Waals surface area contributed by atoms with Crippen LogP contribution in [0.15, 0.2) is 66.9 Å². The predicted molar refractivity (Wildman–Crippen MR) is 116 cm³/mol. The van der Waals surface area contributed by atoms with Crippen molar-refractivity contribution in [3.05, 3.63) is 78.0 Å². The van der Waals surface area contributed by atoms with Crippen LogP contribution in [0.4, 0.5) is 0 Å². The Morgan fingerprint density at radius 2 is 1.56 bits per heavy atom. The van der Waals surface area contributed by atoms with Crippen LogP contribution >= 0.6 is 0 Å². The van der Waals surface area contributed by atoms with E-state index in [9.17, 15) is 0 Å². The van der Waals surface area contributed by atoms with Gasteiger partial charge in [-0.2, -0.15) is 0 Å². The van der Waals surface area contributed by atoms with E-state index in [4.69, 9.17) is 0 Å². The van der Waals surface area contributed by atoms with Crippen molar-refractivity contribution in [2.24, 2.45) is 12.5 Å². The zero-order valence-corrected chi connectivity index (χ0v) is 17.0. The second-order valence-electron chi connectivity index (χ2n) is 8.91. The summed E-state index contributed by atoms with van der Waals surface area (Å²) in [6.45, 7) is 9.12. The van der Waals surface area contributed by atoms with Crippen molar-refractivity contribution in [2.45, 2.75) is 34.1 Å². The predicted octanol–water partition coefficient (Wildman–Crippen LogP) is 6.38. The molecule has 0 aliphatic rings. The van der Waals surface area contributed by atoms with Gasteiger partial charge in [-0.15, -0.1) is 0 Å². The van der Waals surface area contributed by atoms with Crippen molar-refractivity contribution < 1.29 is 4.57 Å². The van der Waals surface area contributed by atoms with E-state index in [1.807, 2.05) is 0 Å². The third-order valence-electron chi connectivity index (χ3n) is 5.34. The monoisotopic (exact) mass is 354 g/mol. The zero-order chi connectivity index (χ0) is 19.2. The van der Waals surface area contributed by atoms with Gasteiger partial charge in [-0.05, 0) is 51.4 Å². The van der Waals surface area contributed by atoms with Crippen LogP contribution in [0.25, 0.3) is 32.8 Å². The maximum absolute atomic E-state index is 2.38. The number of fused-ring (bicyclic) bond motifs is 3. The molecular formula is C26H28N+. The lowest BCUT2D eigenvalue weighted by Gasteiger charge is -2.18. The molecule has 0 spiro atoms. The molecule has 0 aliphatic carbocycles. The van der Waals surface area contributed by atoms with Gasteiger partial charge in [0.15, 0.2) is 6.20 Å². The summed E-state index contributed by atoms with van der Waals surface area (Å²) in [6, 6.07) is 22.4. The summed E-state index contributed by atoms with van der Waals surface area (Å²) in [5.41, 5.74) is 5.63. The molecule has 0 unspecified atom stereocenters. The molecule has 136 valence electrons. The second-order valence-corrected chi connectivity index (χ2v) is 8.91. The minimum Gasteiger partial charge on any atom is -0.201 e. The fourth-order valence-corrected chi connectivity index (χ4v) is 4.12. The number of hydrogen-bond donors (Lipinski definition) is 0. The first kappa shape index (κ1) is 17.7. The van der Waals surface area contributed by atoms with Crippen LogP contribution in [0.5, 0.6) is 0 Å². The molecule has 0 fully saturated rings. The fourth-order valence-electron chi connectivity index (χ4n) is 4.12. The van der Waals surface area contributed by atoms with Crippen LogP contribution in [0, 0.1) is 12.3 Å². The van der Waals surface area contributed by atoms with Gasteiger partial charge in [0, 0.05) is 12.1 Å². The van der Waals surface area contributed by atoms with Gasteiger partial charge in [0.1, 0.15) is 7.05 Å². The highest BCUT2D eigenvalue weighted by molar-refractivity contribution is 6.12. The normalized spacial score (nSPS) is 12.0. The van der Waals surface area contributed by atoms with Crippen molar-refractivity contribution in [2.75, 3.05) is 0 Å². The Balaban J connectivity index is 2.00. The minimum absolute atomic E-state index is 0.279. The van der Waals surface area contributed by atoms with E-state index in [1.54, 1.807) is 0 Å². The van der Waals surface area contributed by atoms with Crippen LogP contribution < -0.4 is 4.57 Å². The average Bonchev–Trinajstić information content (AvgIpc) is 2.62. The molecule has 0 atom stereocenters. The number of aromatic nitrogens is 1. The third-order valence-corrected chi connectivity index (χ3v) is 5.34. The Morgan fingerprint density at radius 3 is 2.33 bits per heavy atom. The van der Waals surface area contributed by atoms with E-state index in [2.05, 4.69) is 106 Å². The van der Waals surface area contributed by atoms with E-state index < -0.39 is 0 Å². The summed E-state index contributed by atoms with van der Waals surface area (Å²) in [5, 5.41) is 5.28. The quantitative estimate of drug-likeness (QED) is 0.290. The lowest BCUT2D eigenvalue weighted by atomic mass is 9.87. The Morgan fingerprint density at radius 1 is 0.815 bits per heavy atom. The second kappa shape index (κ2) is 6.49. The van der Waals surface area contributed by atoms with Crippen LogP contribution in [-0.2, 0) is 13.5 Å². The summed E-state index contributed by atoms with van der Waals surface area (Å²) >= 11 is 0. The van der Waals surface area contributed by atoms with Crippen LogP contribution in [0.2, 0.25) is 0 Å². The Labute approximate surface area is 162 Å². The van der Waals surface area contributed by atoms with Gasteiger partial charge in [0.05, 0.1) is 5.56 Å². The highest BCUT2D eigenvalue weighted by Crippen LogP contribution is 2.35. The molecule has 0 bridgehead atoms. The van der Waals surface area contributed by atoms with E-state index in [0.717, 1.165) is 6.42 Å².